The van der Waals surface area contributed by atoms with Crippen LogP contribution in [0.25, 0.3) is 0 Å². The molecule has 0 aromatic rings. The maximum Gasteiger partial charge on any atom is 0.0613 e. The van der Waals surface area contributed by atoms with Gasteiger partial charge in [0.2, 0.25) is 0 Å². The SMILES string of the molecule is C=C(C)CCNC(C)COC. The zero-order chi connectivity index (χ0) is 8.69. The van der Waals surface area contributed by atoms with Gasteiger partial charge < -0.3 is 10.1 Å². The van der Waals surface area contributed by atoms with Crippen LogP contribution >= 0.6 is 0 Å². The Balaban J connectivity index is 3.16. The van der Waals surface area contributed by atoms with Gasteiger partial charge >= 0.3 is 0 Å². The first-order chi connectivity index (χ1) is 5.16. The van der Waals surface area contributed by atoms with Crippen molar-refractivity contribution in [3.05, 3.63) is 12.2 Å². The van der Waals surface area contributed by atoms with E-state index in [2.05, 4.69) is 18.8 Å². The average molecular weight is 157 g/mol. The minimum absolute atomic E-state index is 0.444. The number of hydrogen-bond acceptors (Lipinski definition) is 2. The Morgan fingerprint density at radius 3 is 2.73 bits per heavy atom. The molecule has 0 radical (unpaired) electrons. The quantitative estimate of drug-likeness (QED) is 0.591. The van der Waals surface area contributed by atoms with Crippen LogP contribution in [0.5, 0.6) is 0 Å². The van der Waals surface area contributed by atoms with Crippen LogP contribution in [0, 0.1) is 0 Å². The molecule has 0 saturated heterocycles. The molecular weight excluding hydrogens is 138 g/mol. The van der Waals surface area contributed by atoms with Gasteiger partial charge in [-0.05, 0) is 26.8 Å². The van der Waals surface area contributed by atoms with Crippen LogP contribution in [0.15, 0.2) is 12.2 Å². The lowest BCUT2D eigenvalue weighted by molar-refractivity contribution is 0.172. The lowest BCUT2D eigenvalue weighted by atomic mass is 10.2. The first-order valence-corrected chi connectivity index (χ1v) is 4.03. The molecule has 0 aromatic heterocycles. The Kier molecular flexibility index (Phi) is 6.18. The van der Waals surface area contributed by atoms with Gasteiger partial charge in [0.1, 0.15) is 0 Å². The first-order valence-electron chi connectivity index (χ1n) is 4.03. The summed E-state index contributed by atoms with van der Waals surface area (Å²) in [7, 11) is 1.72. The summed E-state index contributed by atoms with van der Waals surface area (Å²) in [5.41, 5.74) is 1.22. The van der Waals surface area contributed by atoms with E-state index >= 15 is 0 Å². The monoisotopic (exact) mass is 157 g/mol. The second kappa shape index (κ2) is 6.38. The molecule has 0 aromatic carbocycles. The van der Waals surface area contributed by atoms with Crippen molar-refractivity contribution in [2.24, 2.45) is 0 Å². The van der Waals surface area contributed by atoms with Crippen LogP contribution < -0.4 is 5.32 Å². The predicted octanol–water partition coefficient (Wildman–Crippen LogP) is 1.58. The fourth-order valence-electron chi connectivity index (χ4n) is 0.841. The third-order valence-electron chi connectivity index (χ3n) is 1.46. The van der Waals surface area contributed by atoms with Crippen molar-refractivity contribution in [3.8, 4) is 0 Å². The molecule has 0 fully saturated rings. The van der Waals surface area contributed by atoms with E-state index in [1.165, 1.54) is 5.57 Å². The molecule has 0 aliphatic heterocycles. The average Bonchev–Trinajstić information content (AvgIpc) is 1.87. The highest BCUT2D eigenvalue weighted by Gasteiger charge is 1.97. The van der Waals surface area contributed by atoms with Gasteiger partial charge in [-0.15, -0.1) is 6.58 Å². The minimum atomic E-state index is 0.444. The summed E-state index contributed by atoms with van der Waals surface area (Å²) < 4.78 is 4.98. The summed E-state index contributed by atoms with van der Waals surface area (Å²) in [6.07, 6.45) is 1.05. The van der Waals surface area contributed by atoms with Gasteiger partial charge in [0.25, 0.3) is 0 Å². The van der Waals surface area contributed by atoms with Crippen molar-refractivity contribution in [1.82, 2.24) is 5.32 Å². The summed E-state index contributed by atoms with van der Waals surface area (Å²) in [5, 5.41) is 3.33. The molecule has 1 atom stereocenters. The highest BCUT2D eigenvalue weighted by molar-refractivity contribution is 4.88. The molecule has 0 aliphatic carbocycles. The Morgan fingerprint density at radius 1 is 1.64 bits per heavy atom. The number of hydrogen-bond donors (Lipinski definition) is 1. The Morgan fingerprint density at radius 2 is 2.27 bits per heavy atom. The van der Waals surface area contributed by atoms with Crippen LogP contribution in [-0.2, 0) is 4.74 Å². The van der Waals surface area contributed by atoms with Gasteiger partial charge in [-0.3, -0.25) is 0 Å². The standard InChI is InChI=1S/C9H19NO/c1-8(2)5-6-10-9(3)7-11-4/h9-10H,1,5-7H2,2-4H3. The van der Waals surface area contributed by atoms with Gasteiger partial charge in [-0.2, -0.15) is 0 Å². The number of ether oxygens (including phenoxy) is 1. The van der Waals surface area contributed by atoms with E-state index in [-0.39, 0.29) is 0 Å². The van der Waals surface area contributed by atoms with Crippen molar-refractivity contribution in [3.63, 3.8) is 0 Å². The van der Waals surface area contributed by atoms with Crippen molar-refractivity contribution in [1.29, 1.82) is 0 Å². The molecular formula is C9H19NO. The van der Waals surface area contributed by atoms with Crippen LogP contribution in [0.2, 0.25) is 0 Å². The molecule has 0 bridgehead atoms. The molecule has 1 N–H and O–H groups in total. The first kappa shape index (κ1) is 10.7. The van der Waals surface area contributed by atoms with E-state index in [1.807, 2.05) is 6.92 Å². The third-order valence-corrected chi connectivity index (χ3v) is 1.46. The summed E-state index contributed by atoms with van der Waals surface area (Å²) in [5.74, 6) is 0. The van der Waals surface area contributed by atoms with Crippen molar-refractivity contribution >= 4 is 0 Å². The zero-order valence-corrected chi connectivity index (χ0v) is 7.81. The second-order valence-electron chi connectivity index (χ2n) is 3.02. The van der Waals surface area contributed by atoms with E-state index in [4.69, 9.17) is 4.74 Å². The van der Waals surface area contributed by atoms with Gasteiger partial charge in [0.05, 0.1) is 6.61 Å². The van der Waals surface area contributed by atoms with Crippen LogP contribution in [0.1, 0.15) is 20.3 Å². The molecule has 2 heteroatoms. The smallest absolute Gasteiger partial charge is 0.0613 e. The van der Waals surface area contributed by atoms with Crippen molar-refractivity contribution < 1.29 is 4.74 Å². The predicted molar refractivity (Wildman–Crippen MR) is 48.8 cm³/mol. The van der Waals surface area contributed by atoms with E-state index in [1.54, 1.807) is 7.11 Å². The molecule has 11 heavy (non-hydrogen) atoms. The molecule has 0 rings (SSSR count). The lowest BCUT2D eigenvalue weighted by Crippen LogP contribution is -2.30. The summed E-state index contributed by atoms with van der Waals surface area (Å²) >= 11 is 0. The normalized spacial score (nSPS) is 13.0. The number of rotatable bonds is 6. The fraction of sp³-hybridized carbons (Fsp3) is 0.778. The Labute approximate surface area is 69.6 Å². The molecule has 0 saturated carbocycles. The maximum absolute atomic E-state index is 4.98. The minimum Gasteiger partial charge on any atom is -0.383 e. The molecule has 2 nitrogen and oxygen atoms in total. The highest BCUT2D eigenvalue weighted by atomic mass is 16.5. The van der Waals surface area contributed by atoms with Crippen LogP contribution in [0.4, 0.5) is 0 Å². The lowest BCUT2D eigenvalue weighted by Gasteiger charge is -2.11. The summed E-state index contributed by atoms with van der Waals surface area (Å²) in [6, 6.07) is 0.444. The van der Waals surface area contributed by atoms with E-state index in [9.17, 15) is 0 Å². The molecule has 0 aliphatic rings. The molecule has 0 amide bonds. The van der Waals surface area contributed by atoms with Crippen LogP contribution in [-0.4, -0.2) is 26.3 Å². The Hall–Kier alpha value is -0.340. The molecule has 0 heterocycles. The van der Waals surface area contributed by atoms with Crippen molar-refractivity contribution in [2.75, 3.05) is 20.3 Å². The van der Waals surface area contributed by atoms with E-state index < -0.39 is 0 Å². The number of methoxy groups -OCH3 is 1. The Bertz CT molecular complexity index is 112. The fourth-order valence-corrected chi connectivity index (χ4v) is 0.841. The van der Waals surface area contributed by atoms with Gasteiger partial charge in [0, 0.05) is 13.2 Å². The molecule has 0 spiro atoms. The third kappa shape index (κ3) is 7.56. The van der Waals surface area contributed by atoms with Gasteiger partial charge in [-0.25, -0.2) is 0 Å². The van der Waals surface area contributed by atoms with Gasteiger partial charge in [0.15, 0.2) is 0 Å². The zero-order valence-electron chi connectivity index (χ0n) is 7.81. The van der Waals surface area contributed by atoms with Crippen molar-refractivity contribution in [2.45, 2.75) is 26.3 Å². The molecule has 1 unspecified atom stereocenters. The topological polar surface area (TPSA) is 21.3 Å². The summed E-state index contributed by atoms with van der Waals surface area (Å²) in [6.45, 7) is 9.76. The largest absolute Gasteiger partial charge is 0.383 e. The van der Waals surface area contributed by atoms with Crippen LogP contribution in [0.3, 0.4) is 0 Å². The second-order valence-corrected chi connectivity index (χ2v) is 3.02. The maximum atomic E-state index is 4.98. The van der Waals surface area contributed by atoms with E-state index in [0.717, 1.165) is 19.6 Å². The molecule has 66 valence electrons. The van der Waals surface area contributed by atoms with E-state index in [0.29, 0.717) is 6.04 Å². The summed E-state index contributed by atoms with van der Waals surface area (Å²) in [4.78, 5) is 0. The number of nitrogens with one attached hydrogen (secondary N) is 1. The highest BCUT2D eigenvalue weighted by Crippen LogP contribution is 1.93. The van der Waals surface area contributed by atoms with Gasteiger partial charge in [-0.1, -0.05) is 5.57 Å².